The molecule has 2 aromatic heterocycles. The van der Waals surface area contributed by atoms with E-state index < -0.39 is 0 Å². The molecule has 1 aromatic carbocycles. The van der Waals surface area contributed by atoms with E-state index in [0.29, 0.717) is 34.8 Å². The van der Waals surface area contributed by atoms with Gasteiger partial charge in [-0.25, -0.2) is 4.98 Å². The van der Waals surface area contributed by atoms with Crippen molar-refractivity contribution in [1.29, 1.82) is 0 Å². The summed E-state index contributed by atoms with van der Waals surface area (Å²) in [5.74, 6) is 0.333. The second-order valence-corrected chi connectivity index (χ2v) is 5.99. The molecule has 0 unspecified atom stereocenters. The summed E-state index contributed by atoms with van der Waals surface area (Å²) in [7, 11) is 0. The van der Waals surface area contributed by atoms with Crippen LogP contribution in [0, 0.1) is 6.92 Å². The maximum atomic E-state index is 12.7. The Morgan fingerprint density at radius 1 is 1.30 bits per heavy atom. The number of amides is 1. The van der Waals surface area contributed by atoms with E-state index in [0.717, 1.165) is 24.1 Å². The van der Waals surface area contributed by atoms with Crippen molar-refractivity contribution in [2.45, 2.75) is 32.2 Å². The number of benzene rings is 1. The Morgan fingerprint density at radius 2 is 2.09 bits per heavy atom. The van der Waals surface area contributed by atoms with Gasteiger partial charge in [-0.15, -0.1) is 0 Å². The minimum atomic E-state index is -0.116. The van der Waals surface area contributed by atoms with Gasteiger partial charge >= 0.3 is 0 Å². The summed E-state index contributed by atoms with van der Waals surface area (Å²) in [5.41, 5.74) is 3.75. The van der Waals surface area contributed by atoms with Gasteiger partial charge in [-0.1, -0.05) is 35.5 Å². The highest BCUT2D eigenvalue weighted by molar-refractivity contribution is 6.06. The van der Waals surface area contributed by atoms with Crippen molar-refractivity contribution in [2.75, 3.05) is 0 Å². The van der Waals surface area contributed by atoms with Crippen molar-refractivity contribution in [3.8, 4) is 0 Å². The van der Waals surface area contributed by atoms with Crippen molar-refractivity contribution in [2.24, 2.45) is 0 Å². The Labute approximate surface area is 133 Å². The molecular weight excluding hydrogens is 290 g/mol. The largest absolute Gasteiger partial charge is 0.348 e. The van der Waals surface area contributed by atoms with Crippen LogP contribution in [0.5, 0.6) is 0 Å². The van der Waals surface area contributed by atoms with Gasteiger partial charge in [0.15, 0.2) is 0 Å². The molecule has 116 valence electrons. The first kappa shape index (κ1) is 13.9. The zero-order valence-corrected chi connectivity index (χ0v) is 12.9. The highest BCUT2D eigenvalue weighted by atomic mass is 16.5. The molecule has 1 saturated carbocycles. The van der Waals surface area contributed by atoms with Crippen LogP contribution in [0.1, 0.15) is 46.1 Å². The van der Waals surface area contributed by atoms with E-state index in [-0.39, 0.29) is 5.91 Å². The van der Waals surface area contributed by atoms with Crippen LogP contribution in [0.25, 0.3) is 11.1 Å². The molecule has 1 N–H and O–H groups in total. The fourth-order valence-electron chi connectivity index (χ4n) is 2.75. The number of nitrogens with one attached hydrogen (secondary N) is 1. The third kappa shape index (κ3) is 2.70. The van der Waals surface area contributed by atoms with Crippen molar-refractivity contribution < 1.29 is 9.32 Å². The molecule has 5 heteroatoms. The van der Waals surface area contributed by atoms with E-state index in [4.69, 9.17) is 4.52 Å². The van der Waals surface area contributed by atoms with Crippen molar-refractivity contribution in [3.05, 3.63) is 58.9 Å². The third-order valence-electron chi connectivity index (χ3n) is 4.17. The number of aromatic nitrogens is 2. The maximum Gasteiger partial charge on any atom is 0.259 e. The minimum absolute atomic E-state index is 0.116. The number of hydrogen-bond donors (Lipinski definition) is 1. The zero-order chi connectivity index (χ0) is 15.8. The number of hydrogen-bond acceptors (Lipinski definition) is 4. The molecule has 1 fully saturated rings. The highest BCUT2D eigenvalue weighted by Crippen LogP contribution is 2.40. The van der Waals surface area contributed by atoms with Gasteiger partial charge in [0.2, 0.25) is 0 Å². The molecule has 0 saturated heterocycles. The summed E-state index contributed by atoms with van der Waals surface area (Å²) in [6.45, 7) is 2.32. The quantitative estimate of drug-likeness (QED) is 0.802. The van der Waals surface area contributed by atoms with E-state index in [1.54, 1.807) is 0 Å². The van der Waals surface area contributed by atoms with Crippen LogP contribution in [0.15, 0.2) is 40.9 Å². The van der Waals surface area contributed by atoms with E-state index in [2.05, 4.69) is 15.5 Å². The first-order chi connectivity index (χ1) is 11.2. The molecule has 23 heavy (non-hydrogen) atoms. The third-order valence-corrected chi connectivity index (χ3v) is 4.17. The number of carbonyl (C=O) groups is 1. The normalized spacial score (nSPS) is 14.1. The van der Waals surface area contributed by atoms with Gasteiger partial charge in [0, 0.05) is 18.2 Å². The molecule has 2 heterocycles. The number of rotatable bonds is 4. The monoisotopic (exact) mass is 307 g/mol. The van der Waals surface area contributed by atoms with Gasteiger partial charge in [0.05, 0.1) is 16.6 Å². The lowest BCUT2D eigenvalue weighted by atomic mass is 10.1. The molecule has 3 aromatic rings. The van der Waals surface area contributed by atoms with Crippen molar-refractivity contribution >= 4 is 17.0 Å². The molecule has 1 aliphatic carbocycles. The number of fused-ring (bicyclic) bond motifs is 1. The topological polar surface area (TPSA) is 68.0 Å². The number of pyridine rings is 1. The standard InChI is InChI=1S/C18H17N3O2/c1-11-16-14(17(22)19-10-12-5-3-2-4-6-12)9-15(13-7-8-13)20-18(16)23-21-11/h2-6,9,13H,7-8,10H2,1H3,(H,19,22). The molecule has 1 aliphatic rings. The van der Waals surface area contributed by atoms with Gasteiger partial charge < -0.3 is 9.84 Å². The zero-order valence-electron chi connectivity index (χ0n) is 12.9. The molecule has 5 nitrogen and oxygen atoms in total. The number of aryl methyl sites for hydroxylation is 1. The molecule has 1 amide bonds. The Kier molecular flexibility index (Phi) is 3.33. The van der Waals surface area contributed by atoms with Gasteiger partial charge in [-0.3, -0.25) is 4.79 Å². The van der Waals surface area contributed by atoms with E-state index >= 15 is 0 Å². The molecule has 0 spiro atoms. The fraction of sp³-hybridized carbons (Fsp3) is 0.278. The second-order valence-electron chi connectivity index (χ2n) is 5.99. The van der Waals surface area contributed by atoms with Gasteiger partial charge in [0.1, 0.15) is 0 Å². The Hall–Kier alpha value is -2.69. The van der Waals surface area contributed by atoms with Crippen LogP contribution in [0.4, 0.5) is 0 Å². The first-order valence-electron chi connectivity index (χ1n) is 7.81. The Bertz CT molecular complexity index is 867. The van der Waals surface area contributed by atoms with Crippen LogP contribution in [-0.2, 0) is 6.54 Å². The lowest BCUT2D eigenvalue weighted by Gasteiger charge is -2.08. The molecule has 0 bridgehead atoms. The SMILES string of the molecule is Cc1noc2nc(C3CC3)cc(C(=O)NCc3ccccc3)c12. The predicted molar refractivity (Wildman–Crippen MR) is 86.1 cm³/mol. The molecule has 0 atom stereocenters. The van der Waals surface area contributed by atoms with Gasteiger partial charge in [-0.05, 0) is 31.4 Å². The Morgan fingerprint density at radius 3 is 2.83 bits per heavy atom. The highest BCUT2D eigenvalue weighted by Gasteiger charge is 2.28. The summed E-state index contributed by atoms with van der Waals surface area (Å²) in [6.07, 6.45) is 2.24. The van der Waals surface area contributed by atoms with Crippen LogP contribution in [0.2, 0.25) is 0 Å². The molecule has 0 radical (unpaired) electrons. The lowest BCUT2D eigenvalue weighted by Crippen LogP contribution is -2.23. The summed E-state index contributed by atoms with van der Waals surface area (Å²) in [5, 5.41) is 7.64. The molecular formula is C18H17N3O2. The van der Waals surface area contributed by atoms with Crippen molar-refractivity contribution in [1.82, 2.24) is 15.5 Å². The van der Waals surface area contributed by atoms with E-state index in [1.807, 2.05) is 43.3 Å². The lowest BCUT2D eigenvalue weighted by molar-refractivity contribution is 0.0952. The van der Waals surface area contributed by atoms with Crippen molar-refractivity contribution in [3.63, 3.8) is 0 Å². The van der Waals surface area contributed by atoms with E-state index in [1.165, 1.54) is 0 Å². The van der Waals surface area contributed by atoms with Crippen LogP contribution in [-0.4, -0.2) is 16.0 Å². The van der Waals surface area contributed by atoms with Crippen LogP contribution in [0.3, 0.4) is 0 Å². The van der Waals surface area contributed by atoms with Crippen LogP contribution >= 0.6 is 0 Å². The summed E-state index contributed by atoms with van der Waals surface area (Å²) < 4.78 is 5.28. The second kappa shape index (κ2) is 5.50. The van der Waals surface area contributed by atoms with Crippen LogP contribution < -0.4 is 5.32 Å². The molecule has 4 rings (SSSR count). The molecule has 0 aliphatic heterocycles. The fourth-order valence-corrected chi connectivity index (χ4v) is 2.75. The minimum Gasteiger partial charge on any atom is -0.348 e. The predicted octanol–water partition coefficient (Wildman–Crippen LogP) is 3.34. The maximum absolute atomic E-state index is 12.7. The smallest absolute Gasteiger partial charge is 0.259 e. The van der Waals surface area contributed by atoms with E-state index in [9.17, 15) is 4.79 Å². The summed E-state index contributed by atoms with van der Waals surface area (Å²) in [6, 6.07) is 11.7. The average Bonchev–Trinajstić information content (AvgIpc) is 3.37. The Balaban J connectivity index is 1.66. The number of nitrogens with zero attached hydrogens (tertiary/aromatic N) is 2. The first-order valence-corrected chi connectivity index (χ1v) is 7.81. The van der Waals surface area contributed by atoms with Gasteiger partial charge in [-0.2, -0.15) is 0 Å². The van der Waals surface area contributed by atoms with Gasteiger partial charge in [0.25, 0.3) is 11.6 Å². The average molecular weight is 307 g/mol. The summed E-state index contributed by atoms with van der Waals surface area (Å²) >= 11 is 0. The summed E-state index contributed by atoms with van der Waals surface area (Å²) in [4.78, 5) is 17.2. The number of carbonyl (C=O) groups excluding carboxylic acids is 1.